The number of aromatic nitrogens is 2. The van der Waals surface area contributed by atoms with Gasteiger partial charge in [0.25, 0.3) is 0 Å². The van der Waals surface area contributed by atoms with Crippen molar-refractivity contribution in [3.8, 4) is 5.75 Å². The molecule has 2 aromatic rings. The molecule has 0 atom stereocenters. The first-order valence-electron chi connectivity index (χ1n) is 9.60. The maximum atomic E-state index is 12.3. The molecule has 0 radical (unpaired) electrons. The lowest BCUT2D eigenvalue weighted by molar-refractivity contribution is -0.116. The Bertz CT molecular complexity index is 735. The zero-order valence-electron chi connectivity index (χ0n) is 16.4. The Morgan fingerprint density at radius 2 is 1.85 bits per heavy atom. The van der Waals surface area contributed by atoms with Gasteiger partial charge in [-0.3, -0.25) is 9.59 Å². The van der Waals surface area contributed by atoms with E-state index in [1.807, 2.05) is 13.8 Å². The summed E-state index contributed by atoms with van der Waals surface area (Å²) in [6, 6.07) is 9.02. The fraction of sp³-hybridized carbons (Fsp3) is 0.476. The van der Waals surface area contributed by atoms with Crippen LogP contribution in [0.1, 0.15) is 69.3 Å². The number of benzene rings is 1. The third-order valence-electron chi connectivity index (χ3n) is 4.20. The van der Waals surface area contributed by atoms with E-state index >= 15 is 0 Å². The van der Waals surface area contributed by atoms with Crippen molar-refractivity contribution in [1.29, 1.82) is 0 Å². The zero-order chi connectivity index (χ0) is 19.6. The number of hydrogen-bond acceptors (Lipinski definition) is 4. The predicted octanol–water partition coefficient (Wildman–Crippen LogP) is 4.63. The summed E-state index contributed by atoms with van der Waals surface area (Å²) in [7, 11) is 0. The van der Waals surface area contributed by atoms with E-state index in [-0.39, 0.29) is 30.6 Å². The van der Waals surface area contributed by atoms with E-state index in [9.17, 15) is 9.59 Å². The van der Waals surface area contributed by atoms with Crippen LogP contribution in [0.15, 0.2) is 36.5 Å². The maximum absolute atomic E-state index is 12.3. The molecule has 0 fully saturated rings. The standard InChI is InChI=1S/C21H29N3O3/c1-4-5-6-15-27-18-9-7-17(8-10-18)19(25)11-12-21(26)23-20-13-14-22-24(20)16(2)3/h7-10,13-14,16H,4-6,11-12,15H2,1-3H3,(H,23,26). The largest absolute Gasteiger partial charge is 0.494 e. The first kappa shape index (κ1) is 20.7. The second kappa shape index (κ2) is 10.5. The third kappa shape index (κ3) is 6.55. The average Bonchev–Trinajstić information content (AvgIpc) is 3.12. The summed E-state index contributed by atoms with van der Waals surface area (Å²) in [6.45, 7) is 6.82. The summed E-state index contributed by atoms with van der Waals surface area (Å²) >= 11 is 0. The number of carbonyl (C=O) groups is 2. The molecule has 0 spiro atoms. The molecule has 1 N–H and O–H groups in total. The molecule has 0 aliphatic heterocycles. The van der Waals surface area contributed by atoms with Crippen molar-refractivity contribution < 1.29 is 14.3 Å². The van der Waals surface area contributed by atoms with Gasteiger partial charge in [0.15, 0.2) is 5.78 Å². The molecule has 0 aliphatic carbocycles. The average molecular weight is 371 g/mol. The Labute approximate surface area is 160 Å². The van der Waals surface area contributed by atoms with Gasteiger partial charge in [0.05, 0.1) is 12.8 Å². The molecule has 2 rings (SSSR count). The van der Waals surface area contributed by atoms with E-state index < -0.39 is 0 Å². The van der Waals surface area contributed by atoms with Crippen molar-refractivity contribution in [1.82, 2.24) is 9.78 Å². The van der Waals surface area contributed by atoms with Gasteiger partial charge in [-0.05, 0) is 44.5 Å². The van der Waals surface area contributed by atoms with Crippen molar-refractivity contribution in [3.05, 3.63) is 42.1 Å². The van der Waals surface area contributed by atoms with Crippen molar-refractivity contribution in [2.45, 2.75) is 58.9 Å². The number of Topliss-reactive ketones (excluding diaryl/α,β-unsaturated/α-hetero) is 1. The Morgan fingerprint density at radius 1 is 1.11 bits per heavy atom. The van der Waals surface area contributed by atoms with Gasteiger partial charge in [0, 0.05) is 30.5 Å². The zero-order valence-corrected chi connectivity index (χ0v) is 16.4. The summed E-state index contributed by atoms with van der Waals surface area (Å²) in [5.41, 5.74) is 0.593. The number of nitrogens with one attached hydrogen (secondary N) is 1. The van der Waals surface area contributed by atoms with Gasteiger partial charge in [-0.2, -0.15) is 5.10 Å². The molecular weight excluding hydrogens is 342 g/mol. The summed E-state index contributed by atoms with van der Waals surface area (Å²) in [5, 5.41) is 6.98. The van der Waals surface area contributed by atoms with Crippen molar-refractivity contribution in [2.75, 3.05) is 11.9 Å². The van der Waals surface area contributed by atoms with E-state index in [1.54, 1.807) is 41.2 Å². The minimum absolute atomic E-state index is 0.0555. The fourth-order valence-corrected chi connectivity index (χ4v) is 2.68. The number of hydrogen-bond donors (Lipinski definition) is 1. The molecule has 0 aliphatic rings. The second-order valence-corrected chi connectivity index (χ2v) is 6.81. The van der Waals surface area contributed by atoms with Gasteiger partial charge in [0.1, 0.15) is 11.6 Å². The monoisotopic (exact) mass is 371 g/mol. The van der Waals surface area contributed by atoms with Gasteiger partial charge in [-0.1, -0.05) is 19.8 Å². The number of ether oxygens (including phenoxy) is 1. The summed E-state index contributed by atoms with van der Waals surface area (Å²) in [6.07, 6.45) is 5.28. The highest BCUT2D eigenvalue weighted by atomic mass is 16.5. The van der Waals surface area contributed by atoms with E-state index in [4.69, 9.17) is 4.74 Å². The quantitative estimate of drug-likeness (QED) is 0.461. The van der Waals surface area contributed by atoms with E-state index in [2.05, 4.69) is 17.3 Å². The van der Waals surface area contributed by atoms with Gasteiger partial charge in [0.2, 0.25) is 5.91 Å². The number of rotatable bonds is 11. The molecule has 6 heteroatoms. The summed E-state index contributed by atoms with van der Waals surface area (Å²) in [5.74, 6) is 1.16. The molecule has 1 amide bonds. The SMILES string of the molecule is CCCCCOc1ccc(C(=O)CCC(=O)Nc2ccnn2C(C)C)cc1. The lowest BCUT2D eigenvalue weighted by atomic mass is 10.1. The molecule has 0 saturated heterocycles. The van der Waals surface area contributed by atoms with Gasteiger partial charge in [-0.15, -0.1) is 0 Å². The Balaban J connectivity index is 1.79. The van der Waals surface area contributed by atoms with Crippen molar-refractivity contribution in [3.63, 3.8) is 0 Å². The van der Waals surface area contributed by atoms with Crippen LogP contribution in [0, 0.1) is 0 Å². The van der Waals surface area contributed by atoms with Crippen LogP contribution in [0.4, 0.5) is 5.82 Å². The molecule has 6 nitrogen and oxygen atoms in total. The lowest BCUT2D eigenvalue weighted by Gasteiger charge is -2.11. The fourth-order valence-electron chi connectivity index (χ4n) is 2.68. The number of ketones is 1. The highest BCUT2D eigenvalue weighted by molar-refractivity contribution is 5.99. The van der Waals surface area contributed by atoms with Crippen LogP contribution in [-0.4, -0.2) is 28.1 Å². The van der Waals surface area contributed by atoms with Crippen LogP contribution >= 0.6 is 0 Å². The number of anilines is 1. The summed E-state index contributed by atoms with van der Waals surface area (Å²) in [4.78, 5) is 24.4. The van der Waals surface area contributed by atoms with Crippen LogP contribution in [0.2, 0.25) is 0 Å². The topological polar surface area (TPSA) is 73.2 Å². The van der Waals surface area contributed by atoms with Crippen molar-refractivity contribution in [2.24, 2.45) is 0 Å². The second-order valence-electron chi connectivity index (χ2n) is 6.81. The van der Waals surface area contributed by atoms with Gasteiger partial charge in [-0.25, -0.2) is 4.68 Å². The third-order valence-corrected chi connectivity index (χ3v) is 4.20. The van der Waals surface area contributed by atoms with Crippen molar-refractivity contribution >= 4 is 17.5 Å². The number of nitrogens with zero attached hydrogens (tertiary/aromatic N) is 2. The van der Waals surface area contributed by atoms with Gasteiger partial charge < -0.3 is 10.1 Å². The molecule has 1 heterocycles. The molecule has 0 bridgehead atoms. The number of unbranched alkanes of at least 4 members (excludes halogenated alkanes) is 2. The molecule has 1 aromatic heterocycles. The lowest BCUT2D eigenvalue weighted by Crippen LogP contribution is -2.17. The maximum Gasteiger partial charge on any atom is 0.225 e. The van der Waals surface area contributed by atoms with Crippen LogP contribution in [0.5, 0.6) is 5.75 Å². The minimum Gasteiger partial charge on any atom is -0.494 e. The smallest absolute Gasteiger partial charge is 0.225 e. The highest BCUT2D eigenvalue weighted by Crippen LogP contribution is 2.16. The first-order chi connectivity index (χ1) is 13.0. The highest BCUT2D eigenvalue weighted by Gasteiger charge is 2.12. The van der Waals surface area contributed by atoms with E-state index in [0.717, 1.165) is 25.0 Å². The molecule has 27 heavy (non-hydrogen) atoms. The van der Waals surface area contributed by atoms with Crippen LogP contribution < -0.4 is 10.1 Å². The number of amides is 1. The van der Waals surface area contributed by atoms with Gasteiger partial charge >= 0.3 is 0 Å². The Hall–Kier alpha value is -2.63. The van der Waals surface area contributed by atoms with Crippen LogP contribution in [0.25, 0.3) is 0 Å². The van der Waals surface area contributed by atoms with E-state index in [1.165, 1.54) is 0 Å². The van der Waals surface area contributed by atoms with E-state index in [0.29, 0.717) is 18.0 Å². The molecule has 0 unspecified atom stereocenters. The molecular formula is C21H29N3O3. The number of carbonyl (C=O) groups excluding carboxylic acids is 2. The van der Waals surface area contributed by atoms with Crippen LogP contribution in [0.3, 0.4) is 0 Å². The normalized spacial score (nSPS) is 10.8. The molecule has 0 saturated carbocycles. The van der Waals surface area contributed by atoms with Crippen LogP contribution in [-0.2, 0) is 4.79 Å². The molecule has 1 aromatic carbocycles. The first-order valence-corrected chi connectivity index (χ1v) is 9.60. The predicted molar refractivity (Wildman–Crippen MR) is 106 cm³/mol. The molecule has 146 valence electrons. The minimum atomic E-state index is -0.193. The summed E-state index contributed by atoms with van der Waals surface area (Å²) < 4.78 is 7.38. The Morgan fingerprint density at radius 3 is 2.52 bits per heavy atom. The Kier molecular flexibility index (Phi) is 8.04.